The second-order valence-corrected chi connectivity index (χ2v) is 6.85. The van der Waals surface area contributed by atoms with E-state index in [0.29, 0.717) is 24.5 Å². The minimum absolute atomic E-state index is 0.0287. The monoisotopic (exact) mass is 394 g/mol. The van der Waals surface area contributed by atoms with Crippen LogP contribution in [0.4, 0.5) is 5.69 Å². The van der Waals surface area contributed by atoms with Crippen LogP contribution in [0.3, 0.4) is 0 Å². The molecule has 29 heavy (non-hydrogen) atoms. The van der Waals surface area contributed by atoms with Crippen molar-refractivity contribution in [2.75, 3.05) is 25.1 Å². The summed E-state index contributed by atoms with van der Waals surface area (Å²) in [6.07, 6.45) is 1.63. The summed E-state index contributed by atoms with van der Waals surface area (Å²) >= 11 is 0. The topological polar surface area (TPSA) is 80.6 Å². The van der Waals surface area contributed by atoms with Crippen LogP contribution in [0.2, 0.25) is 0 Å². The van der Waals surface area contributed by atoms with E-state index in [4.69, 9.17) is 19.5 Å². The summed E-state index contributed by atoms with van der Waals surface area (Å²) in [5.74, 6) is 0.273. The number of nitrogens with one attached hydrogen (secondary N) is 1. The van der Waals surface area contributed by atoms with Gasteiger partial charge < -0.3 is 19.5 Å². The largest absolute Gasteiger partial charge is 0.488 e. The molecule has 2 atom stereocenters. The second kappa shape index (κ2) is 9.94. The zero-order valence-electron chi connectivity index (χ0n) is 16.8. The first kappa shape index (κ1) is 20.7. The highest BCUT2D eigenvalue weighted by Gasteiger charge is 2.28. The van der Waals surface area contributed by atoms with Crippen molar-refractivity contribution < 1.29 is 19.0 Å². The Morgan fingerprint density at radius 2 is 2.07 bits per heavy atom. The van der Waals surface area contributed by atoms with E-state index in [1.807, 2.05) is 18.2 Å². The Balaban J connectivity index is 1.95. The molecule has 0 spiro atoms. The molecule has 1 saturated heterocycles. The van der Waals surface area contributed by atoms with Gasteiger partial charge in [0, 0.05) is 17.7 Å². The predicted molar refractivity (Wildman–Crippen MR) is 110 cm³/mol. The molecule has 0 saturated carbocycles. The quantitative estimate of drug-likeness (QED) is 0.682. The number of hydrogen-bond acceptors (Lipinski definition) is 6. The van der Waals surface area contributed by atoms with Gasteiger partial charge in [-0.15, -0.1) is 0 Å². The van der Waals surface area contributed by atoms with Crippen molar-refractivity contribution in [1.82, 2.24) is 0 Å². The summed E-state index contributed by atoms with van der Waals surface area (Å²) in [7, 11) is 0. The Kier molecular flexibility index (Phi) is 7.09. The van der Waals surface area contributed by atoms with E-state index in [1.165, 1.54) is 0 Å². The maximum absolute atomic E-state index is 12.8. The molecular weight excluding hydrogens is 368 g/mol. The van der Waals surface area contributed by atoms with Crippen LogP contribution in [0.15, 0.2) is 42.5 Å². The molecule has 0 bridgehead atoms. The maximum atomic E-state index is 12.8. The van der Waals surface area contributed by atoms with Gasteiger partial charge in [0.25, 0.3) is 0 Å². The molecule has 1 heterocycles. The summed E-state index contributed by atoms with van der Waals surface area (Å²) in [6, 6.07) is 14.3. The number of anilines is 1. The number of esters is 1. The highest BCUT2D eigenvalue weighted by Crippen LogP contribution is 2.32. The van der Waals surface area contributed by atoms with Gasteiger partial charge in [-0.05, 0) is 55.3 Å². The zero-order valence-corrected chi connectivity index (χ0v) is 16.8. The van der Waals surface area contributed by atoms with E-state index >= 15 is 0 Å². The van der Waals surface area contributed by atoms with Crippen molar-refractivity contribution in [2.45, 2.75) is 38.8 Å². The Labute approximate surface area is 171 Å². The molecule has 0 amide bonds. The van der Waals surface area contributed by atoms with E-state index in [0.717, 1.165) is 29.7 Å². The maximum Gasteiger partial charge on any atom is 0.333 e. The van der Waals surface area contributed by atoms with Gasteiger partial charge in [0.15, 0.2) is 6.04 Å². The molecule has 2 aromatic rings. The Bertz CT molecular complexity index is 867. The molecule has 152 valence electrons. The van der Waals surface area contributed by atoms with Crippen LogP contribution in [-0.2, 0) is 20.7 Å². The third-order valence-corrected chi connectivity index (χ3v) is 4.82. The van der Waals surface area contributed by atoms with Crippen LogP contribution in [0.25, 0.3) is 0 Å². The molecule has 2 aromatic carbocycles. The van der Waals surface area contributed by atoms with Crippen molar-refractivity contribution in [3.8, 4) is 11.8 Å². The summed E-state index contributed by atoms with van der Waals surface area (Å²) < 4.78 is 16.9. The zero-order chi connectivity index (χ0) is 20.6. The highest BCUT2D eigenvalue weighted by molar-refractivity contribution is 5.82. The van der Waals surface area contributed by atoms with E-state index in [1.54, 1.807) is 31.2 Å². The normalized spacial score (nSPS) is 16.7. The van der Waals surface area contributed by atoms with Gasteiger partial charge in [-0.25, -0.2) is 4.79 Å². The van der Waals surface area contributed by atoms with Crippen LogP contribution in [0.5, 0.6) is 5.75 Å². The predicted octanol–water partition coefficient (Wildman–Crippen LogP) is 4.00. The van der Waals surface area contributed by atoms with Crippen molar-refractivity contribution in [3.05, 3.63) is 59.2 Å². The van der Waals surface area contributed by atoms with Gasteiger partial charge in [0.1, 0.15) is 11.9 Å². The average Bonchev–Trinajstić information content (AvgIpc) is 3.26. The van der Waals surface area contributed by atoms with Gasteiger partial charge >= 0.3 is 5.97 Å². The smallest absolute Gasteiger partial charge is 0.333 e. The van der Waals surface area contributed by atoms with E-state index < -0.39 is 6.04 Å². The molecule has 6 heteroatoms. The number of benzene rings is 2. The first-order valence-electron chi connectivity index (χ1n) is 9.95. The van der Waals surface area contributed by atoms with Gasteiger partial charge in [0.2, 0.25) is 0 Å². The molecule has 0 radical (unpaired) electrons. The molecule has 3 rings (SSSR count). The molecule has 6 nitrogen and oxygen atoms in total. The van der Waals surface area contributed by atoms with Gasteiger partial charge in [0.05, 0.1) is 31.5 Å². The first-order valence-corrected chi connectivity index (χ1v) is 9.95. The molecule has 1 fully saturated rings. The lowest BCUT2D eigenvalue weighted by Gasteiger charge is -2.23. The summed E-state index contributed by atoms with van der Waals surface area (Å²) in [6.45, 7) is 5.36. The Hall–Kier alpha value is -3.04. The number of aryl methyl sites for hydroxylation is 1. The highest BCUT2D eigenvalue weighted by atomic mass is 16.5. The summed E-state index contributed by atoms with van der Waals surface area (Å²) in [5.41, 5.74) is 3.12. The standard InChI is InChI=1S/C23H26N2O4/c1-3-16-7-10-21(29-19-11-12-27-15-19)20(13-16)22(23(26)28-4-2)25-18-8-5-17(14-24)6-9-18/h5-10,13,19,22,25H,3-4,11-12,15H2,1-2H3. The van der Waals surface area contributed by atoms with Crippen LogP contribution in [0.1, 0.15) is 43.0 Å². The van der Waals surface area contributed by atoms with Crippen LogP contribution < -0.4 is 10.1 Å². The second-order valence-electron chi connectivity index (χ2n) is 6.85. The third kappa shape index (κ3) is 5.27. The first-order chi connectivity index (χ1) is 14.1. The molecule has 0 aromatic heterocycles. The number of hydrogen-bond donors (Lipinski definition) is 1. The molecule has 2 unspecified atom stereocenters. The number of carbonyl (C=O) groups is 1. The van der Waals surface area contributed by atoms with Crippen molar-refractivity contribution in [1.29, 1.82) is 5.26 Å². The van der Waals surface area contributed by atoms with Crippen molar-refractivity contribution >= 4 is 11.7 Å². The molecular formula is C23H26N2O4. The average molecular weight is 394 g/mol. The van der Waals surface area contributed by atoms with Gasteiger partial charge in [-0.3, -0.25) is 0 Å². The van der Waals surface area contributed by atoms with E-state index in [9.17, 15) is 4.79 Å². The number of rotatable bonds is 8. The van der Waals surface area contributed by atoms with Gasteiger partial charge in [-0.2, -0.15) is 5.26 Å². The van der Waals surface area contributed by atoms with Gasteiger partial charge in [-0.1, -0.05) is 13.0 Å². The lowest BCUT2D eigenvalue weighted by atomic mass is 10.0. The lowest BCUT2D eigenvalue weighted by Crippen LogP contribution is -2.25. The van der Waals surface area contributed by atoms with Crippen molar-refractivity contribution in [2.24, 2.45) is 0 Å². The van der Waals surface area contributed by atoms with E-state index in [-0.39, 0.29) is 18.7 Å². The van der Waals surface area contributed by atoms with Crippen LogP contribution >= 0.6 is 0 Å². The van der Waals surface area contributed by atoms with Crippen molar-refractivity contribution in [3.63, 3.8) is 0 Å². The fourth-order valence-corrected chi connectivity index (χ4v) is 3.23. The Morgan fingerprint density at radius 3 is 2.69 bits per heavy atom. The minimum Gasteiger partial charge on any atom is -0.488 e. The third-order valence-electron chi connectivity index (χ3n) is 4.82. The Morgan fingerprint density at radius 1 is 1.28 bits per heavy atom. The number of nitriles is 1. The van der Waals surface area contributed by atoms with Crippen LogP contribution in [-0.4, -0.2) is 31.9 Å². The van der Waals surface area contributed by atoms with E-state index in [2.05, 4.69) is 18.3 Å². The molecule has 1 N–H and O–H groups in total. The SMILES string of the molecule is CCOC(=O)C(Nc1ccc(C#N)cc1)c1cc(CC)ccc1OC1CCOC1. The minimum atomic E-state index is -0.730. The summed E-state index contributed by atoms with van der Waals surface area (Å²) in [4.78, 5) is 12.8. The molecule has 0 aliphatic carbocycles. The number of ether oxygens (including phenoxy) is 3. The fraction of sp³-hybridized carbons (Fsp3) is 0.391. The molecule has 1 aliphatic rings. The number of carbonyl (C=O) groups excluding carboxylic acids is 1. The fourth-order valence-electron chi connectivity index (χ4n) is 3.23. The summed E-state index contributed by atoms with van der Waals surface area (Å²) in [5, 5.41) is 12.3. The lowest BCUT2D eigenvalue weighted by molar-refractivity contribution is -0.144. The van der Waals surface area contributed by atoms with Crippen LogP contribution in [0, 0.1) is 11.3 Å². The number of nitrogens with zero attached hydrogens (tertiary/aromatic N) is 1. The molecule has 1 aliphatic heterocycles.